The quantitative estimate of drug-likeness (QED) is 0.282. The van der Waals surface area contributed by atoms with E-state index in [-0.39, 0.29) is 77.9 Å². The van der Waals surface area contributed by atoms with Gasteiger partial charge in [-0.05, 0) is 19.3 Å². The van der Waals surface area contributed by atoms with Gasteiger partial charge in [0.1, 0.15) is 0 Å². The van der Waals surface area contributed by atoms with Crippen LogP contribution in [0.25, 0.3) is 0 Å². The molecular weight excluding hydrogens is 308 g/mol. The van der Waals surface area contributed by atoms with Crippen molar-refractivity contribution in [1.82, 2.24) is 5.32 Å². The van der Waals surface area contributed by atoms with Crippen molar-refractivity contribution in [3.63, 3.8) is 0 Å². The molecule has 0 radical (unpaired) electrons. The Kier molecular flexibility index (Phi) is 22.0. The number of carbonyl (C=O) groups is 3. The summed E-state index contributed by atoms with van der Waals surface area (Å²) >= 11 is 0. The molecule has 0 rings (SSSR count). The third-order valence-corrected chi connectivity index (χ3v) is 3.01. The topological polar surface area (TPSA) is 109 Å². The summed E-state index contributed by atoms with van der Waals surface area (Å²) in [4.78, 5) is 32.6. The molecule has 1 atom stereocenters. The van der Waals surface area contributed by atoms with Crippen molar-refractivity contribution in [3.05, 3.63) is 0 Å². The summed E-state index contributed by atoms with van der Waals surface area (Å²) in [6.45, 7) is 2.13. The summed E-state index contributed by atoms with van der Waals surface area (Å²) in [5.41, 5.74) is 0. The smallest absolute Gasteiger partial charge is 0.550 e. The molecule has 0 aromatic carbocycles. The van der Waals surface area contributed by atoms with Crippen molar-refractivity contribution in [3.8, 4) is 0 Å². The van der Waals surface area contributed by atoms with Gasteiger partial charge in [0, 0.05) is 12.4 Å². The van der Waals surface area contributed by atoms with E-state index in [4.69, 9.17) is 0 Å². The second-order valence-corrected chi connectivity index (χ2v) is 4.87. The minimum atomic E-state index is -1.47. The SMILES string of the molecule is CCCCCCCCC(=O)NC(CCC(=O)[O-])C(=O)[O-].[Na+].[Na+]. The van der Waals surface area contributed by atoms with Crippen molar-refractivity contribution in [2.45, 2.75) is 70.8 Å². The van der Waals surface area contributed by atoms with Crippen LogP contribution in [0.15, 0.2) is 0 Å². The Morgan fingerprint density at radius 1 is 0.909 bits per heavy atom. The number of carbonyl (C=O) groups excluding carboxylic acids is 3. The van der Waals surface area contributed by atoms with Crippen LogP contribution in [0.1, 0.15) is 64.7 Å². The normalized spacial score (nSPS) is 10.8. The number of nitrogens with one attached hydrogen (secondary N) is 1. The summed E-state index contributed by atoms with van der Waals surface area (Å²) in [5.74, 6) is -3.20. The van der Waals surface area contributed by atoms with E-state index in [1.807, 2.05) is 0 Å². The number of carboxylic acids is 2. The molecule has 0 fully saturated rings. The van der Waals surface area contributed by atoms with Gasteiger partial charge in [0.05, 0.1) is 12.0 Å². The average Bonchev–Trinajstić information content (AvgIpc) is 2.38. The second-order valence-electron chi connectivity index (χ2n) is 4.87. The van der Waals surface area contributed by atoms with Crippen molar-refractivity contribution in [1.29, 1.82) is 0 Å². The van der Waals surface area contributed by atoms with Gasteiger partial charge in [0.15, 0.2) is 0 Å². The van der Waals surface area contributed by atoms with Crippen LogP contribution >= 0.6 is 0 Å². The molecule has 1 N–H and O–H groups in total. The Hall–Kier alpha value is 0.410. The predicted octanol–water partition coefficient (Wildman–Crippen LogP) is -6.49. The van der Waals surface area contributed by atoms with Crippen LogP contribution in [0, 0.1) is 0 Å². The summed E-state index contributed by atoms with van der Waals surface area (Å²) in [6, 6.07) is -1.26. The van der Waals surface area contributed by atoms with Gasteiger partial charge in [0.25, 0.3) is 0 Å². The van der Waals surface area contributed by atoms with Gasteiger partial charge in [-0.2, -0.15) is 0 Å². The van der Waals surface area contributed by atoms with Crippen LogP contribution in [-0.2, 0) is 14.4 Å². The summed E-state index contributed by atoms with van der Waals surface area (Å²) in [6.07, 6.45) is 5.80. The van der Waals surface area contributed by atoms with E-state index in [9.17, 15) is 24.6 Å². The van der Waals surface area contributed by atoms with Gasteiger partial charge in [0.2, 0.25) is 5.91 Å². The Balaban J connectivity index is -0.00000180. The fourth-order valence-electron chi connectivity index (χ4n) is 1.84. The first kappa shape index (κ1) is 27.3. The molecule has 8 heteroatoms. The maximum Gasteiger partial charge on any atom is 1.00 e. The number of rotatable bonds is 12. The van der Waals surface area contributed by atoms with Crippen molar-refractivity contribution in [2.75, 3.05) is 0 Å². The average molecular weight is 331 g/mol. The summed E-state index contributed by atoms with van der Waals surface area (Å²) < 4.78 is 0. The zero-order valence-electron chi connectivity index (χ0n) is 14.0. The van der Waals surface area contributed by atoms with Crippen LogP contribution < -0.4 is 74.6 Å². The molecule has 0 aromatic heterocycles. The molecule has 22 heavy (non-hydrogen) atoms. The van der Waals surface area contributed by atoms with E-state index in [1.54, 1.807) is 0 Å². The molecule has 6 nitrogen and oxygen atoms in total. The molecule has 0 aromatic rings. The molecule has 0 heterocycles. The molecule has 0 aliphatic rings. The number of unbranched alkanes of at least 4 members (excludes halogenated alkanes) is 5. The van der Waals surface area contributed by atoms with E-state index >= 15 is 0 Å². The molecular formula is C14H23NNa2O5. The molecule has 0 aliphatic carbocycles. The number of hydrogen-bond acceptors (Lipinski definition) is 5. The van der Waals surface area contributed by atoms with Crippen molar-refractivity contribution in [2.24, 2.45) is 0 Å². The van der Waals surface area contributed by atoms with Crippen molar-refractivity contribution < 1.29 is 83.7 Å². The standard InChI is InChI=1S/C14H25NO5.2Na/c1-2-3-4-5-6-7-8-12(16)15-11(14(19)20)9-10-13(17)18;;/h11H,2-10H2,1H3,(H,15,16)(H,17,18)(H,19,20);;/q;2*+1/p-2. The van der Waals surface area contributed by atoms with Gasteiger partial charge in [-0.25, -0.2) is 0 Å². The number of carboxylic acid groups (broad SMARTS) is 2. The third kappa shape index (κ3) is 16.8. The van der Waals surface area contributed by atoms with Crippen LogP contribution in [0.5, 0.6) is 0 Å². The fraction of sp³-hybridized carbons (Fsp3) is 0.786. The Labute approximate surface area is 176 Å². The maximum atomic E-state index is 11.5. The monoisotopic (exact) mass is 331 g/mol. The number of aliphatic carboxylic acids is 2. The van der Waals surface area contributed by atoms with E-state index < -0.39 is 24.4 Å². The Morgan fingerprint density at radius 3 is 1.95 bits per heavy atom. The molecule has 0 saturated carbocycles. The zero-order valence-corrected chi connectivity index (χ0v) is 18.0. The first-order valence-electron chi connectivity index (χ1n) is 7.17. The number of amides is 1. The Morgan fingerprint density at radius 2 is 1.45 bits per heavy atom. The third-order valence-electron chi connectivity index (χ3n) is 3.01. The molecule has 116 valence electrons. The van der Waals surface area contributed by atoms with Gasteiger partial charge in [-0.15, -0.1) is 0 Å². The van der Waals surface area contributed by atoms with Gasteiger partial charge < -0.3 is 25.1 Å². The molecule has 0 aliphatic heterocycles. The van der Waals surface area contributed by atoms with Crippen LogP contribution in [-0.4, -0.2) is 23.9 Å². The largest absolute Gasteiger partial charge is 1.00 e. The van der Waals surface area contributed by atoms with Gasteiger partial charge in [-0.1, -0.05) is 39.0 Å². The molecule has 1 unspecified atom stereocenters. The Bertz CT molecular complexity index is 326. The minimum Gasteiger partial charge on any atom is -0.550 e. The fourth-order valence-corrected chi connectivity index (χ4v) is 1.84. The molecule has 0 saturated heterocycles. The van der Waals surface area contributed by atoms with Crippen LogP contribution in [0.3, 0.4) is 0 Å². The molecule has 0 bridgehead atoms. The first-order chi connectivity index (χ1) is 9.47. The first-order valence-corrected chi connectivity index (χ1v) is 7.17. The second kappa shape index (κ2) is 17.8. The molecule has 1 amide bonds. The summed E-state index contributed by atoms with van der Waals surface area (Å²) in [5, 5.41) is 23.3. The zero-order chi connectivity index (χ0) is 15.4. The predicted molar refractivity (Wildman–Crippen MR) is 69.2 cm³/mol. The summed E-state index contributed by atoms with van der Waals surface area (Å²) in [7, 11) is 0. The van der Waals surface area contributed by atoms with Crippen LogP contribution in [0.4, 0.5) is 0 Å². The molecule has 0 spiro atoms. The number of hydrogen-bond donors (Lipinski definition) is 1. The van der Waals surface area contributed by atoms with Gasteiger partial charge >= 0.3 is 59.1 Å². The van der Waals surface area contributed by atoms with E-state index in [2.05, 4.69) is 12.2 Å². The van der Waals surface area contributed by atoms with E-state index in [1.165, 1.54) is 6.42 Å². The van der Waals surface area contributed by atoms with Crippen LogP contribution in [0.2, 0.25) is 0 Å². The van der Waals surface area contributed by atoms with Crippen molar-refractivity contribution >= 4 is 17.8 Å². The van der Waals surface area contributed by atoms with E-state index in [0.717, 1.165) is 25.7 Å². The minimum absolute atomic E-state index is 0. The van der Waals surface area contributed by atoms with Gasteiger partial charge in [-0.3, -0.25) is 4.79 Å². The van der Waals surface area contributed by atoms with E-state index in [0.29, 0.717) is 6.42 Å². The maximum absolute atomic E-state index is 11.5.